The van der Waals surface area contributed by atoms with Gasteiger partial charge in [-0.05, 0) is 30.3 Å². The summed E-state index contributed by atoms with van der Waals surface area (Å²) in [6.07, 6.45) is 4.29. The van der Waals surface area contributed by atoms with Crippen LogP contribution < -0.4 is 10.5 Å². The van der Waals surface area contributed by atoms with Crippen molar-refractivity contribution in [3.8, 4) is 17.0 Å². The van der Waals surface area contributed by atoms with Gasteiger partial charge in [0.2, 0.25) is 5.95 Å². The smallest absolute Gasteiger partial charge is 0.220 e. The molecule has 0 radical (unpaired) electrons. The summed E-state index contributed by atoms with van der Waals surface area (Å²) in [5.41, 5.74) is 7.33. The van der Waals surface area contributed by atoms with Gasteiger partial charge in [-0.15, -0.1) is 0 Å². The van der Waals surface area contributed by atoms with Gasteiger partial charge in [0.05, 0.1) is 18.8 Å². The van der Waals surface area contributed by atoms with Gasteiger partial charge in [-0.25, -0.2) is 19.6 Å². The largest absolute Gasteiger partial charge is 0.491 e. The topological polar surface area (TPSA) is 110 Å². The second-order valence-electron chi connectivity index (χ2n) is 5.77. The Labute approximate surface area is 149 Å². The summed E-state index contributed by atoms with van der Waals surface area (Å²) in [7, 11) is 0. The number of rotatable bonds is 6. The molecule has 3 heterocycles. The van der Waals surface area contributed by atoms with E-state index in [0.29, 0.717) is 19.8 Å². The van der Waals surface area contributed by atoms with Crippen LogP contribution in [0, 0.1) is 0 Å². The second-order valence-corrected chi connectivity index (χ2v) is 5.77. The third-order valence-corrected chi connectivity index (χ3v) is 3.88. The average Bonchev–Trinajstić information content (AvgIpc) is 3.33. The van der Waals surface area contributed by atoms with Crippen LogP contribution in [-0.4, -0.2) is 50.3 Å². The van der Waals surface area contributed by atoms with Crippen LogP contribution in [-0.2, 0) is 16.0 Å². The Balaban J connectivity index is 1.28. The summed E-state index contributed by atoms with van der Waals surface area (Å²) < 4.78 is 18.9. The van der Waals surface area contributed by atoms with Crippen LogP contribution >= 0.6 is 0 Å². The van der Waals surface area contributed by atoms with Crippen LogP contribution in [0.5, 0.6) is 5.75 Å². The minimum absolute atomic E-state index is 0.120. The van der Waals surface area contributed by atoms with Crippen molar-refractivity contribution in [2.75, 3.05) is 18.9 Å². The van der Waals surface area contributed by atoms with E-state index in [4.69, 9.17) is 19.9 Å². The predicted octanol–water partition coefficient (Wildman–Crippen LogP) is 1.14. The molecule has 3 aromatic rings. The zero-order chi connectivity index (χ0) is 17.8. The molecule has 0 amide bonds. The van der Waals surface area contributed by atoms with Crippen LogP contribution in [0.1, 0.15) is 0 Å². The molecule has 0 aliphatic carbocycles. The lowest BCUT2D eigenvalue weighted by Crippen LogP contribution is -2.23. The minimum Gasteiger partial charge on any atom is -0.491 e. The van der Waals surface area contributed by atoms with Gasteiger partial charge in [-0.1, -0.05) is 0 Å². The molecule has 2 unspecified atom stereocenters. The second kappa shape index (κ2) is 7.46. The molecule has 9 heteroatoms. The highest BCUT2D eigenvalue weighted by Gasteiger charge is 2.27. The van der Waals surface area contributed by atoms with E-state index in [9.17, 15) is 0 Å². The first-order valence-corrected chi connectivity index (χ1v) is 8.17. The predicted molar refractivity (Wildman–Crippen MR) is 92.0 cm³/mol. The first-order valence-electron chi connectivity index (χ1n) is 8.17. The highest BCUT2D eigenvalue weighted by Crippen LogP contribution is 2.22. The quantitative estimate of drug-likeness (QED) is 0.701. The summed E-state index contributed by atoms with van der Waals surface area (Å²) in [6, 6.07) is 9.44. The molecule has 0 spiro atoms. The van der Waals surface area contributed by atoms with Crippen molar-refractivity contribution in [3.05, 3.63) is 49.2 Å². The molecule has 1 fully saturated rings. The molecule has 26 heavy (non-hydrogen) atoms. The number of ether oxygens (including phenoxy) is 3. The zero-order valence-corrected chi connectivity index (χ0v) is 13.9. The third-order valence-electron chi connectivity index (χ3n) is 3.88. The number of nitrogens with zero attached hydrogens (tertiary/aromatic N) is 5. The Morgan fingerprint density at radius 1 is 1.23 bits per heavy atom. The molecule has 0 bridgehead atoms. The van der Waals surface area contributed by atoms with Crippen molar-refractivity contribution in [3.63, 3.8) is 0 Å². The van der Waals surface area contributed by atoms with E-state index in [1.165, 1.54) is 6.33 Å². The fourth-order valence-corrected chi connectivity index (χ4v) is 2.62. The first-order chi connectivity index (χ1) is 12.8. The molecule has 2 N–H and O–H groups in total. The number of anilines is 1. The first kappa shape index (κ1) is 16.4. The van der Waals surface area contributed by atoms with Crippen molar-refractivity contribution in [2.45, 2.75) is 18.9 Å². The lowest BCUT2D eigenvalue weighted by molar-refractivity contribution is -0.0744. The average molecular weight is 354 g/mol. The Kier molecular flexibility index (Phi) is 4.71. The summed E-state index contributed by atoms with van der Waals surface area (Å²) in [6.45, 7) is 1.40. The Hall–Kier alpha value is -3.04. The molecule has 4 rings (SSSR count). The molecule has 0 saturated carbocycles. The molecule has 134 valence electrons. The lowest BCUT2D eigenvalue weighted by atomic mass is 10.1. The van der Waals surface area contributed by atoms with Gasteiger partial charge in [-0.2, -0.15) is 5.10 Å². The third kappa shape index (κ3) is 3.95. The Bertz CT molecular complexity index is 840. The van der Waals surface area contributed by atoms with E-state index >= 15 is 0 Å². The van der Waals surface area contributed by atoms with Crippen molar-refractivity contribution < 1.29 is 14.2 Å². The van der Waals surface area contributed by atoms with Gasteiger partial charge in [0.25, 0.3) is 0 Å². The van der Waals surface area contributed by atoms with Crippen LogP contribution in [0.25, 0.3) is 11.3 Å². The van der Waals surface area contributed by atoms with Gasteiger partial charge in [0.1, 0.15) is 31.1 Å². The van der Waals surface area contributed by atoms with E-state index in [2.05, 4.69) is 20.1 Å². The fourth-order valence-electron chi connectivity index (χ4n) is 2.62. The summed E-state index contributed by atoms with van der Waals surface area (Å²) >= 11 is 0. The van der Waals surface area contributed by atoms with Gasteiger partial charge >= 0.3 is 0 Å². The molecule has 9 nitrogen and oxygen atoms in total. The van der Waals surface area contributed by atoms with E-state index in [0.717, 1.165) is 17.0 Å². The van der Waals surface area contributed by atoms with Crippen LogP contribution in [0.3, 0.4) is 0 Å². The van der Waals surface area contributed by atoms with Gasteiger partial charge < -0.3 is 19.9 Å². The maximum atomic E-state index is 5.80. The van der Waals surface area contributed by atoms with Crippen LogP contribution in [0.4, 0.5) is 5.95 Å². The monoisotopic (exact) mass is 354 g/mol. The summed E-state index contributed by atoms with van der Waals surface area (Å²) in [4.78, 5) is 12.0. The normalized spacial score (nSPS) is 19.5. The van der Waals surface area contributed by atoms with Gasteiger partial charge in [0, 0.05) is 11.8 Å². The van der Waals surface area contributed by atoms with E-state index in [1.807, 2.05) is 30.3 Å². The van der Waals surface area contributed by atoms with E-state index in [-0.39, 0.29) is 18.3 Å². The number of nitrogens with two attached hydrogens (primary N) is 1. The number of aromatic nitrogens is 5. The van der Waals surface area contributed by atoms with Crippen molar-refractivity contribution in [2.24, 2.45) is 0 Å². The molecule has 2 aromatic heterocycles. The molecule has 1 aliphatic rings. The highest BCUT2D eigenvalue weighted by molar-refractivity contribution is 5.60. The molecule has 1 aromatic carbocycles. The molecule has 1 saturated heterocycles. The summed E-state index contributed by atoms with van der Waals surface area (Å²) in [5.74, 6) is 1.00. The van der Waals surface area contributed by atoms with Crippen molar-refractivity contribution >= 4 is 5.95 Å². The summed E-state index contributed by atoms with van der Waals surface area (Å²) in [5, 5.41) is 4.03. The molecular weight excluding hydrogens is 336 g/mol. The SMILES string of the molecule is Nc1nccc(-c2ccc(OCC3COC(Cn4cncn4)O3)cc2)n1. The molecule has 1 aliphatic heterocycles. The van der Waals surface area contributed by atoms with Crippen molar-refractivity contribution in [1.29, 1.82) is 0 Å². The number of hydrogen-bond acceptors (Lipinski definition) is 8. The highest BCUT2D eigenvalue weighted by atomic mass is 16.7. The zero-order valence-electron chi connectivity index (χ0n) is 13.9. The maximum Gasteiger partial charge on any atom is 0.220 e. The van der Waals surface area contributed by atoms with E-state index < -0.39 is 0 Å². The molecular formula is C17H18N6O3. The number of hydrogen-bond donors (Lipinski definition) is 1. The van der Waals surface area contributed by atoms with Gasteiger partial charge in [-0.3, -0.25) is 0 Å². The van der Waals surface area contributed by atoms with Gasteiger partial charge in [0.15, 0.2) is 6.29 Å². The van der Waals surface area contributed by atoms with E-state index in [1.54, 1.807) is 17.2 Å². The minimum atomic E-state index is -0.337. The number of nitrogen functional groups attached to an aromatic ring is 1. The van der Waals surface area contributed by atoms with Crippen molar-refractivity contribution in [1.82, 2.24) is 24.7 Å². The molecule has 2 atom stereocenters. The number of benzene rings is 1. The van der Waals surface area contributed by atoms with Crippen LogP contribution in [0.15, 0.2) is 49.2 Å². The standard InChI is InChI=1S/C17H18N6O3/c18-17-20-6-5-15(22-17)12-1-3-13(4-2-12)24-8-14-9-25-16(26-14)7-23-11-19-10-21-23/h1-6,10-11,14,16H,7-9H2,(H2,18,20,22). The lowest BCUT2D eigenvalue weighted by Gasteiger charge is -2.12. The Morgan fingerprint density at radius 3 is 2.88 bits per heavy atom. The Morgan fingerprint density at radius 2 is 2.12 bits per heavy atom. The van der Waals surface area contributed by atoms with Crippen LogP contribution in [0.2, 0.25) is 0 Å². The maximum absolute atomic E-state index is 5.80. The fraction of sp³-hybridized carbons (Fsp3) is 0.294.